The average Bonchev–Trinajstić information content (AvgIpc) is 3.13. The maximum atomic E-state index is 13.3. The minimum atomic E-state index is -0.276. The van der Waals surface area contributed by atoms with Crippen molar-refractivity contribution in [2.24, 2.45) is 0 Å². The molecule has 1 aromatic heterocycles. The predicted molar refractivity (Wildman–Crippen MR) is 111 cm³/mol. The van der Waals surface area contributed by atoms with Gasteiger partial charge < -0.3 is 9.47 Å². The standard InChI is InChI=1S/C22H23ClFN3O2/c1-26(14-19-15-28-10-11-29-19)12-16-13-27(18-8-6-17(24)7-9-18)25-22(16)20-4-2-3-5-21(20)23/h2-9,13,19H,10-12,14-15H2,1H3/t19-/m0/s1. The predicted octanol–water partition coefficient (Wildman–Crippen LogP) is 4.18. The molecular formula is C22H23ClFN3O2. The highest BCUT2D eigenvalue weighted by atomic mass is 35.5. The average molecular weight is 416 g/mol. The molecule has 1 aliphatic heterocycles. The topological polar surface area (TPSA) is 39.5 Å². The molecule has 5 nitrogen and oxygen atoms in total. The number of benzene rings is 2. The van der Waals surface area contributed by atoms with Crippen LogP contribution in [0.4, 0.5) is 4.39 Å². The number of aromatic nitrogens is 2. The van der Waals surface area contributed by atoms with E-state index >= 15 is 0 Å². The smallest absolute Gasteiger partial charge is 0.123 e. The molecule has 0 aliphatic carbocycles. The largest absolute Gasteiger partial charge is 0.376 e. The zero-order valence-electron chi connectivity index (χ0n) is 16.2. The Morgan fingerprint density at radius 1 is 1.17 bits per heavy atom. The van der Waals surface area contributed by atoms with Crippen molar-refractivity contribution in [3.8, 4) is 16.9 Å². The Labute approximate surface area is 174 Å². The van der Waals surface area contributed by atoms with Gasteiger partial charge in [0.1, 0.15) is 5.82 Å². The molecule has 1 aliphatic rings. The molecule has 0 saturated carbocycles. The van der Waals surface area contributed by atoms with Crippen LogP contribution in [-0.4, -0.2) is 54.2 Å². The van der Waals surface area contributed by atoms with Crippen LogP contribution in [0.3, 0.4) is 0 Å². The molecule has 29 heavy (non-hydrogen) atoms. The van der Waals surface area contributed by atoms with E-state index in [0.717, 1.165) is 29.1 Å². The van der Waals surface area contributed by atoms with Gasteiger partial charge in [-0.15, -0.1) is 0 Å². The van der Waals surface area contributed by atoms with Crippen LogP contribution < -0.4 is 0 Å². The molecule has 2 heterocycles. The molecule has 4 rings (SSSR count). The molecule has 0 unspecified atom stereocenters. The monoisotopic (exact) mass is 415 g/mol. The van der Waals surface area contributed by atoms with Gasteiger partial charge in [-0.1, -0.05) is 29.8 Å². The summed E-state index contributed by atoms with van der Waals surface area (Å²) in [5.41, 5.74) is 3.50. The summed E-state index contributed by atoms with van der Waals surface area (Å²) in [6.45, 7) is 3.31. The van der Waals surface area contributed by atoms with Gasteiger partial charge in [0.15, 0.2) is 0 Å². The van der Waals surface area contributed by atoms with E-state index in [2.05, 4.69) is 4.90 Å². The van der Waals surface area contributed by atoms with Crippen molar-refractivity contribution in [2.45, 2.75) is 12.6 Å². The van der Waals surface area contributed by atoms with Crippen LogP contribution in [0.25, 0.3) is 16.9 Å². The van der Waals surface area contributed by atoms with Crippen molar-refractivity contribution in [1.82, 2.24) is 14.7 Å². The number of ether oxygens (including phenoxy) is 2. The second-order valence-corrected chi connectivity index (χ2v) is 7.58. The van der Waals surface area contributed by atoms with Gasteiger partial charge in [-0.05, 0) is 37.4 Å². The Morgan fingerprint density at radius 3 is 2.69 bits per heavy atom. The second-order valence-electron chi connectivity index (χ2n) is 7.17. The third kappa shape index (κ3) is 4.85. The molecule has 1 atom stereocenters. The summed E-state index contributed by atoms with van der Waals surface area (Å²) in [6.07, 6.45) is 2.03. The van der Waals surface area contributed by atoms with E-state index in [4.69, 9.17) is 26.2 Å². The van der Waals surface area contributed by atoms with E-state index < -0.39 is 0 Å². The molecule has 0 spiro atoms. The molecule has 0 bridgehead atoms. The number of halogens is 2. The van der Waals surface area contributed by atoms with Crippen molar-refractivity contribution in [3.63, 3.8) is 0 Å². The first-order valence-electron chi connectivity index (χ1n) is 9.57. The van der Waals surface area contributed by atoms with E-state index in [1.165, 1.54) is 12.1 Å². The van der Waals surface area contributed by atoms with Crippen LogP contribution in [0.15, 0.2) is 54.7 Å². The van der Waals surface area contributed by atoms with Crippen LogP contribution in [0.5, 0.6) is 0 Å². The fraction of sp³-hybridized carbons (Fsp3) is 0.318. The normalized spacial score (nSPS) is 17.0. The first-order valence-corrected chi connectivity index (χ1v) is 9.95. The zero-order chi connectivity index (χ0) is 20.2. The SMILES string of the molecule is CN(Cc1cn(-c2ccc(F)cc2)nc1-c1ccccc1Cl)C[C@H]1COCCO1. The Morgan fingerprint density at radius 2 is 1.97 bits per heavy atom. The van der Waals surface area contributed by atoms with Gasteiger partial charge >= 0.3 is 0 Å². The highest BCUT2D eigenvalue weighted by molar-refractivity contribution is 6.33. The summed E-state index contributed by atoms with van der Waals surface area (Å²) in [6, 6.07) is 13.9. The Balaban J connectivity index is 1.63. The molecule has 7 heteroatoms. The zero-order valence-corrected chi connectivity index (χ0v) is 17.0. The van der Waals surface area contributed by atoms with Gasteiger partial charge in [0.25, 0.3) is 0 Å². The van der Waals surface area contributed by atoms with Crippen molar-refractivity contribution in [1.29, 1.82) is 0 Å². The van der Waals surface area contributed by atoms with Crippen LogP contribution in [0.1, 0.15) is 5.56 Å². The summed E-state index contributed by atoms with van der Waals surface area (Å²) in [5, 5.41) is 5.41. The van der Waals surface area contributed by atoms with Crippen LogP contribution in [-0.2, 0) is 16.0 Å². The molecule has 2 aromatic carbocycles. The first-order chi connectivity index (χ1) is 14.1. The van der Waals surface area contributed by atoms with Crippen molar-refractivity contribution >= 4 is 11.6 Å². The number of hydrogen-bond acceptors (Lipinski definition) is 4. The summed E-state index contributed by atoms with van der Waals surface area (Å²) in [5.74, 6) is -0.276. The fourth-order valence-electron chi connectivity index (χ4n) is 3.48. The van der Waals surface area contributed by atoms with Crippen molar-refractivity contribution in [2.75, 3.05) is 33.4 Å². The van der Waals surface area contributed by atoms with Crippen LogP contribution in [0.2, 0.25) is 5.02 Å². The third-order valence-electron chi connectivity index (χ3n) is 4.85. The quantitative estimate of drug-likeness (QED) is 0.605. The fourth-order valence-corrected chi connectivity index (χ4v) is 3.70. The maximum absolute atomic E-state index is 13.3. The minimum Gasteiger partial charge on any atom is -0.376 e. The lowest BCUT2D eigenvalue weighted by atomic mass is 10.1. The van der Waals surface area contributed by atoms with E-state index in [0.29, 0.717) is 31.4 Å². The molecule has 1 saturated heterocycles. The molecule has 152 valence electrons. The summed E-state index contributed by atoms with van der Waals surface area (Å²) in [7, 11) is 2.05. The van der Waals surface area contributed by atoms with Gasteiger partial charge in [0.05, 0.1) is 42.3 Å². The van der Waals surface area contributed by atoms with Crippen molar-refractivity contribution < 1.29 is 13.9 Å². The Hall–Kier alpha value is -2.25. The molecule has 3 aromatic rings. The van der Waals surface area contributed by atoms with Gasteiger partial charge in [0.2, 0.25) is 0 Å². The molecule has 1 fully saturated rings. The van der Waals surface area contributed by atoms with Gasteiger partial charge in [-0.3, -0.25) is 4.90 Å². The Bertz CT molecular complexity index is 955. The lowest BCUT2D eigenvalue weighted by molar-refractivity contribution is -0.0962. The van der Waals surface area contributed by atoms with Crippen molar-refractivity contribution in [3.05, 3.63) is 71.1 Å². The van der Waals surface area contributed by atoms with Crippen LogP contribution in [0, 0.1) is 5.82 Å². The minimum absolute atomic E-state index is 0.0599. The molecule has 0 radical (unpaired) electrons. The number of nitrogens with zero attached hydrogens (tertiary/aromatic N) is 3. The number of likely N-dealkylation sites (N-methyl/N-ethyl adjacent to an activating group) is 1. The van der Waals surface area contributed by atoms with Gasteiger partial charge in [0, 0.05) is 30.4 Å². The van der Waals surface area contributed by atoms with Gasteiger partial charge in [-0.2, -0.15) is 5.10 Å². The molecular weight excluding hydrogens is 393 g/mol. The summed E-state index contributed by atoms with van der Waals surface area (Å²) >= 11 is 6.45. The highest BCUT2D eigenvalue weighted by Gasteiger charge is 2.20. The summed E-state index contributed by atoms with van der Waals surface area (Å²) < 4.78 is 26.3. The van der Waals surface area contributed by atoms with E-state index in [1.807, 2.05) is 37.5 Å². The summed E-state index contributed by atoms with van der Waals surface area (Å²) in [4.78, 5) is 2.19. The van der Waals surface area contributed by atoms with E-state index in [-0.39, 0.29) is 11.9 Å². The Kier molecular flexibility index (Phi) is 6.25. The lowest BCUT2D eigenvalue weighted by Gasteiger charge is -2.27. The van der Waals surface area contributed by atoms with Crippen LogP contribution >= 0.6 is 11.6 Å². The molecule has 0 amide bonds. The number of rotatable bonds is 6. The first kappa shape index (κ1) is 20.0. The highest BCUT2D eigenvalue weighted by Crippen LogP contribution is 2.30. The molecule has 0 N–H and O–H groups in total. The lowest BCUT2D eigenvalue weighted by Crippen LogP contribution is -2.38. The maximum Gasteiger partial charge on any atom is 0.123 e. The third-order valence-corrected chi connectivity index (χ3v) is 5.18. The second kappa shape index (κ2) is 9.05. The number of hydrogen-bond donors (Lipinski definition) is 0. The van der Waals surface area contributed by atoms with E-state index in [1.54, 1.807) is 16.8 Å². The van der Waals surface area contributed by atoms with E-state index in [9.17, 15) is 4.39 Å². The van der Waals surface area contributed by atoms with Gasteiger partial charge in [-0.25, -0.2) is 9.07 Å².